The molecule has 0 bridgehead atoms. The van der Waals surface area contributed by atoms with E-state index < -0.39 is 0 Å². The van der Waals surface area contributed by atoms with Gasteiger partial charge in [0.1, 0.15) is 11.3 Å². The Balaban J connectivity index is 1.67. The van der Waals surface area contributed by atoms with E-state index in [1.165, 1.54) is 11.1 Å². The number of hydrogen-bond acceptors (Lipinski definition) is 3. The molecule has 1 aromatic heterocycles. The highest BCUT2D eigenvalue weighted by atomic mass is 35.5. The van der Waals surface area contributed by atoms with Gasteiger partial charge in [-0.05, 0) is 55.2 Å². The fourth-order valence-electron chi connectivity index (χ4n) is 4.01. The Kier molecular flexibility index (Phi) is 6.57. The Morgan fingerprint density at radius 2 is 1.88 bits per heavy atom. The number of nitrogens with one attached hydrogen (secondary N) is 1. The van der Waals surface area contributed by atoms with E-state index in [2.05, 4.69) is 37.4 Å². The second-order valence-corrected chi connectivity index (χ2v) is 8.56. The van der Waals surface area contributed by atoms with Gasteiger partial charge in [0.05, 0.1) is 13.4 Å². The second kappa shape index (κ2) is 9.55. The molecule has 0 aliphatic rings. The topological polar surface area (TPSA) is 51.5 Å². The molecule has 4 nitrogen and oxygen atoms in total. The van der Waals surface area contributed by atoms with Crippen LogP contribution in [0.3, 0.4) is 0 Å². The third-order valence-electron chi connectivity index (χ3n) is 5.75. The molecule has 0 saturated carbocycles. The van der Waals surface area contributed by atoms with Gasteiger partial charge in [0.25, 0.3) is 0 Å². The van der Waals surface area contributed by atoms with Crippen molar-refractivity contribution >= 4 is 34.1 Å². The van der Waals surface area contributed by atoms with Gasteiger partial charge in [0.2, 0.25) is 5.91 Å². The van der Waals surface area contributed by atoms with Crippen molar-refractivity contribution in [1.29, 1.82) is 0 Å². The van der Waals surface area contributed by atoms with Gasteiger partial charge in [-0.25, -0.2) is 0 Å². The summed E-state index contributed by atoms with van der Waals surface area (Å²) in [5, 5.41) is 4.50. The lowest BCUT2D eigenvalue weighted by molar-refractivity contribution is -0.116. The molecule has 0 fully saturated rings. The fourth-order valence-corrected chi connectivity index (χ4v) is 4.21. The number of hydrogen-bond donors (Lipinski definition) is 1. The minimum absolute atomic E-state index is 0.198. The number of allylic oxidation sites excluding steroid dienone is 1. The molecule has 1 N–H and O–H groups in total. The van der Waals surface area contributed by atoms with Gasteiger partial charge >= 0.3 is 0 Å². The Labute approximate surface area is 198 Å². The number of ether oxygens (including phenoxy) is 1. The summed E-state index contributed by atoms with van der Waals surface area (Å²) >= 11 is 6.19. The molecule has 168 valence electrons. The van der Waals surface area contributed by atoms with E-state index in [1.807, 2.05) is 43.3 Å². The predicted octanol–water partition coefficient (Wildman–Crippen LogP) is 7.10. The van der Waals surface area contributed by atoms with Crippen LogP contribution in [0.5, 0.6) is 5.75 Å². The second-order valence-electron chi connectivity index (χ2n) is 8.15. The van der Waals surface area contributed by atoms with E-state index in [4.69, 9.17) is 20.8 Å². The van der Waals surface area contributed by atoms with Crippen molar-refractivity contribution in [3.8, 4) is 16.9 Å². The monoisotopic (exact) mass is 459 g/mol. The molecule has 1 amide bonds. The summed E-state index contributed by atoms with van der Waals surface area (Å²) < 4.78 is 11.5. The maximum absolute atomic E-state index is 12.6. The average molecular weight is 460 g/mol. The molecule has 3 aromatic carbocycles. The van der Waals surface area contributed by atoms with Crippen LogP contribution in [0, 0.1) is 13.8 Å². The summed E-state index contributed by atoms with van der Waals surface area (Å²) in [6, 6.07) is 17.7. The lowest BCUT2D eigenvalue weighted by Crippen LogP contribution is -2.20. The quantitative estimate of drug-likeness (QED) is 0.313. The van der Waals surface area contributed by atoms with Gasteiger partial charge < -0.3 is 14.5 Å². The summed E-state index contributed by atoms with van der Waals surface area (Å²) in [7, 11) is 1.61. The number of aryl methyl sites for hydroxylation is 2. The Morgan fingerprint density at radius 1 is 1.09 bits per heavy atom. The molecule has 5 heteroatoms. The maximum atomic E-state index is 12.6. The Hall–Kier alpha value is -3.50. The molecule has 4 aromatic rings. The van der Waals surface area contributed by atoms with Crippen molar-refractivity contribution in [2.45, 2.75) is 27.3 Å². The molecule has 4 rings (SSSR count). The SMILES string of the molecule is COc1cc2occ(-c3ccc(C)cc3C)c2cc1/C(C)=C/C(=O)NCc1ccccc1Cl. The van der Waals surface area contributed by atoms with Crippen LogP contribution in [0.4, 0.5) is 0 Å². The van der Waals surface area contributed by atoms with E-state index >= 15 is 0 Å². The molecule has 0 aliphatic carbocycles. The summed E-state index contributed by atoms with van der Waals surface area (Å²) in [6.07, 6.45) is 3.36. The van der Waals surface area contributed by atoms with E-state index in [-0.39, 0.29) is 5.91 Å². The third-order valence-corrected chi connectivity index (χ3v) is 6.12. The van der Waals surface area contributed by atoms with E-state index in [0.717, 1.165) is 38.8 Å². The smallest absolute Gasteiger partial charge is 0.244 e. The number of carbonyl (C=O) groups excluding carboxylic acids is 1. The Morgan fingerprint density at radius 3 is 2.61 bits per heavy atom. The molecule has 1 heterocycles. The minimum Gasteiger partial charge on any atom is -0.496 e. The zero-order valence-electron chi connectivity index (χ0n) is 19.2. The lowest BCUT2D eigenvalue weighted by Gasteiger charge is -2.11. The molecular weight excluding hydrogens is 434 g/mol. The van der Waals surface area contributed by atoms with Crippen molar-refractivity contribution in [3.05, 3.63) is 94.2 Å². The maximum Gasteiger partial charge on any atom is 0.244 e. The molecule has 0 aliphatic heterocycles. The van der Waals surface area contributed by atoms with Crippen molar-refractivity contribution in [3.63, 3.8) is 0 Å². The lowest BCUT2D eigenvalue weighted by atomic mass is 9.96. The van der Waals surface area contributed by atoms with Crippen molar-refractivity contribution in [2.24, 2.45) is 0 Å². The van der Waals surface area contributed by atoms with Gasteiger partial charge in [0, 0.05) is 40.2 Å². The van der Waals surface area contributed by atoms with E-state index in [0.29, 0.717) is 17.3 Å². The minimum atomic E-state index is -0.198. The summed E-state index contributed by atoms with van der Waals surface area (Å²) in [5.41, 5.74) is 7.77. The van der Waals surface area contributed by atoms with E-state index in [1.54, 1.807) is 19.4 Å². The van der Waals surface area contributed by atoms with Crippen LogP contribution < -0.4 is 10.1 Å². The van der Waals surface area contributed by atoms with Crippen LogP contribution in [0.2, 0.25) is 5.02 Å². The molecule has 0 atom stereocenters. The summed E-state index contributed by atoms with van der Waals surface area (Å²) in [4.78, 5) is 12.6. The van der Waals surface area contributed by atoms with Gasteiger partial charge in [-0.1, -0.05) is 53.6 Å². The number of fused-ring (bicyclic) bond motifs is 1. The third kappa shape index (κ3) is 4.81. The van der Waals surface area contributed by atoms with Crippen molar-refractivity contribution in [1.82, 2.24) is 5.32 Å². The zero-order valence-corrected chi connectivity index (χ0v) is 19.9. The molecule has 0 radical (unpaired) electrons. The summed E-state index contributed by atoms with van der Waals surface area (Å²) in [6.45, 7) is 6.44. The van der Waals surface area contributed by atoms with Crippen molar-refractivity contribution in [2.75, 3.05) is 7.11 Å². The highest BCUT2D eigenvalue weighted by Crippen LogP contribution is 2.38. The normalized spacial score (nSPS) is 11.6. The zero-order chi connectivity index (χ0) is 23.5. The number of rotatable bonds is 6. The van der Waals surface area contributed by atoms with Gasteiger partial charge in [-0.2, -0.15) is 0 Å². The number of methoxy groups -OCH3 is 1. The van der Waals surface area contributed by atoms with Gasteiger partial charge in [0.15, 0.2) is 0 Å². The number of amides is 1. The van der Waals surface area contributed by atoms with Crippen LogP contribution >= 0.6 is 11.6 Å². The largest absolute Gasteiger partial charge is 0.496 e. The first kappa shape index (κ1) is 22.7. The van der Waals surface area contributed by atoms with Gasteiger partial charge in [-0.15, -0.1) is 0 Å². The van der Waals surface area contributed by atoms with E-state index in [9.17, 15) is 4.79 Å². The van der Waals surface area contributed by atoms with Gasteiger partial charge in [-0.3, -0.25) is 4.79 Å². The Bertz CT molecular complexity index is 1370. The highest BCUT2D eigenvalue weighted by molar-refractivity contribution is 6.31. The van der Waals surface area contributed by atoms with Crippen LogP contribution in [0.15, 0.2) is 71.4 Å². The van der Waals surface area contributed by atoms with Crippen LogP contribution in [-0.2, 0) is 11.3 Å². The standard InChI is InChI=1S/C28H26ClNO3/c1-17-9-10-21(18(2)11-17)24-16-33-27-14-26(32-4)22(13-23(24)27)19(3)12-28(31)30-15-20-7-5-6-8-25(20)29/h5-14,16H,15H2,1-4H3,(H,30,31)/b19-12+. The van der Waals surface area contributed by atoms with Crippen LogP contribution in [0.1, 0.15) is 29.2 Å². The molecule has 0 spiro atoms. The number of benzene rings is 3. The highest BCUT2D eigenvalue weighted by Gasteiger charge is 2.16. The first-order chi connectivity index (χ1) is 15.9. The number of halogens is 1. The first-order valence-electron chi connectivity index (χ1n) is 10.7. The molecular formula is C28H26ClNO3. The summed E-state index contributed by atoms with van der Waals surface area (Å²) in [5.74, 6) is 0.452. The molecule has 0 saturated heterocycles. The molecule has 0 unspecified atom stereocenters. The van der Waals surface area contributed by atoms with Crippen LogP contribution in [0.25, 0.3) is 27.7 Å². The number of furan rings is 1. The van der Waals surface area contributed by atoms with Crippen LogP contribution in [-0.4, -0.2) is 13.0 Å². The first-order valence-corrected chi connectivity index (χ1v) is 11.1. The predicted molar refractivity (Wildman–Crippen MR) is 135 cm³/mol. The van der Waals surface area contributed by atoms with Crippen molar-refractivity contribution < 1.29 is 13.9 Å². The number of carbonyl (C=O) groups is 1. The molecule has 33 heavy (non-hydrogen) atoms. The average Bonchev–Trinajstić information content (AvgIpc) is 3.20. The fraction of sp³-hybridized carbons (Fsp3) is 0.179.